The van der Waals surface area contributed by atoms with E-state index in [1.54, 1.807) is 0 Å². The molecule has 0 aromatic rings. The van der Waals surface area contributed by atoms with Crippen LogP contribution in [0, 0.1) is 0 Å². The van der Waals surface area contributed by atoms with Gasteiger partial charge in [-0.2, -0.15) is 0 Å². The van der Waals surface area contributed by atoms with E-state index in [-0.39, 0.29) is 0 Å². The van der Waals surface area contributed by atoms with E-state index in [4.69, 9.17) is 14.2 Å². The Bertz CT molecular complexity index is 281. The van der Waals surface area contributed by atoms with E-state index in [1.165, 1.54) is 13.8 Å². The monoisotopic (exact) mass is 344 g/mol. The zero-order valence-electron chi connectivity index (χ0n) is 8.88. The zero-order chi connectivity index (χ0) is 12.3. The summed E-state index contributed by atoms with van der Waals surface area (Å²) in [4.78, 5) is 21.7. The van der Waals surface area contributed by atoms with Gasteiger partial charge in [-0.1, -0.05) is 22.6 Å². The summed E-state index contributed by atoms with van der Waals surface area (Å²) in [6.07, 6.45) is -3.44. The van der Waals surface area contributed by atoms with E-state index in [0.29, 0.717) is 4.43 Å². The molecule has 0 aliphatic carbocycles. The van der Waals surface area contributed by atoms with Crippen molar-refractivity contribution in [1.29, 1.82) is 0 Å². The van der Waals surface area contributed by atoms with Gasteiger partial charge >= 0.3 is 11.9 Å². The number of esters is 2. The molecule has 0 amide bonds. The smallest absolute Gasteiger partial charge is 0.303 e. The fraction of sp³-hybridized carbons (Fsp3) is 0.778. The molecule has 0 aromatic heterocycles. The molecule has 16 heavy (non-hydrogen) atoms. The summed E-state index contributed by atoms with van der Waals surface area (Å²) in [5.74, 6) is -1.06. The number of hydrogen-bond donors (Lipinski definition) is 1. The average Bonchev–Trinajstić information content (AvgIpc) is 2.44. The number of rotatable bonds is 3. The summed E-state index contributed by atoms with van der Waals surface area (Å²) in [5, 5.41) is 9.53. The molecule has 0 spiro atoms. The highest BCUT2D eigenvalue weighted by Crippen LogP contribution is 2.26. The quantitative estimate of drug-likeness (QED) is 0.441. The molecule has 1 saturated heterocycles. The third-order valence-electron chi connectivity index (χ3n) is 2.04. The molecule has 4 atom stereocenters. The lowest BCUT2D eigenvalue weighted by Gasteiger charge is -2.21. The number of alkyl halides is 1. The Labute approximate surface area is 106 Å². The predicted octanol–water partition coefficient (Wildman–Crippen LogP) is 0.00200. The molecule has 1 aliphatic rings. The summed E-state index contributed by atoms with van der Waals surface area (Å²) in [5.41, 5.74) is 0. The zero-order valence-corrected chi connectivity index (χ0v) is 11.0. The number of halogens is 1. The van der Waals surface area contributed by atoms with Crippen LogP contribution in [-0.2, 0) is 23.8 Å². The van der Waals surface area contributed by atoms with Gasteiger partial charge in [0.05, 0.1) is 0 Å². The number of ether oxygens (including phenoxy) is 3. The molecular weight excluding hydrogens is 331 g/mol. The molecule has 0 radical (unpaired) electrons. The summed E-state index contributed by atoms with van der Waals surface area (Å²) in [6, 6.07) is 0. The van der Waals surface area contributed by atoms with Crippen molar-refractivity contribution in [2.45, 2.75) is 38.4 Å². The minimum atomic E-state index is -1.26. The van der Waals surface area contributed by atoms with E-state index in [2.05, 4.69) is 0 Å². The first-order chi connectivity index (χ1) is 7.45. The molecule has 1 heterocycles. The van der Waals surface area contributed by atoms with Crippen LogP contribution in [0.1, 0.15) is 13.8 Å². The van der Waals surface area contributed by atoms with Crippen LogP contribution >= 0.6 is 22.6 Å². The summed E-state index contributed by atoms with van der Waals surface area (Å²) in [6.45, 7) is 2.47. The maximum absolute atomic E-state index is 10.9. The molecule has 1 unspecified atom stereocenters. The van der Waals surface area contributed by atoms with Gasteiger partial charge in [-0.05, 0) is 0 Å². The average molecular weight is 344 g/mol. The highest BCUT2D eigenvalue weighted by atomic mass is 127. The molecule has 0 bridgehead atoms. The SMILES string of the molecule is CC(=O)O[C@@H]1[C@@H](CI)OC(O)[C@@H]1OC(C)=O. The van der Waals surface area contributed by atoms with Crippen molar-refractivity contribution in [3.05, 3.63) is 0 Å². The molecule has 0 saturated carbocycles. The van der Waals surface area contributed by atoms with E-state index < -0.39 is 36.5 Å². The van der Waals surface area contributed by atoms with Gasteiger partial charge in [0.2, 0.25) is 0 Å². The van der Waals surface area contributed by atoms with Crippen molar-refractivity contribution < 1.29 is 28.9 Å². The fourth-order valence-electron chi connectivity index (χ4n) is 1.48. The number of carbonyl (C=O) groups excluding carboxylic acids is 2. The van der Waals surface area contributed by atoms with Gasteiger partial charge < -0.3 is 19.3 Å². The van der Waals surface area contributed by atoms with Crippen LogP contribution in [0.3, 0.4) is 0 Å². The molecule has 92 valence electrons. The van der Waals surface area contributed by atoms with Gasteiger partial charge in [0.15, 0.2) is 18.5 Å². The van der Waals surface area contributed by atoms with Crippen LogP contribution in [0.2, 0.25) is 0 Å². The Morgan fingerprint density at radius 3 is 2.19 bits per heavy atom. The highest BCUT2D eigenvalue weighted by Gasteiger charge is 2.47. The predicted molar refractivity (Wildman–Crippen MR) is 60.9 cm³/mol. The number of hydrogen-bond acceptors (Lipinski definition) is 6. The third-order valence-corrected chi connectivity index (χ3v) is 2.91. The molecule has 1 aliphatic heterocycles. The Morgan fingerprint density at radius 1 is 1.25 bits per heavy atom. The first-order valence-electron chi connectivity index (χ1n) is 4.69. The van der Waals surface area contributed by atoms with Crippen molar-refractivity contribution in [3.63, 3.8) is 0 Å². The van der Waals surface area contributed by atoms with Gasteiger partial charge in [-0.3, -0.25) is 9.59 Å². The maximum Gasteiger partial charge on any atom is 0.303 e. The van der Waals surface area contributed by atoms with Gasteiger partial charge in [0.1, 0.15) is 6.10 Å². The second-order valence-electron chi connectivity index (χ2n) is 3.37. The summed E-state index contributed by atoms with van der Waals surface area (Å²) in [7, 11) is 0. The number of aliphatic hydroxyl groups is 1. The summed E-state index contributed by atoms with van der Waals surface area (Å²) < 4.78 is 15.5. The molecule has 6 nitrogen and oxygen atoms in total. The number of aliphatic hydroxyl groups excluding tert-OH is 1. The van der Waals surface area contributed by atoms with Gasteiger partial charge in [0.25, 0.3) is 0 Å². The van der Waals surface area contributed by atoms with E-state index >= 15 is 0 Å². The van der Waals surface area contributed by atoms with Crippen LogP contribution in [0.4, 0.5) is 0 Å². The second kappa shape index (κ2) is 5.78. The molecule has 1 N–H and O–H groups in total. The molecule has 1 rings (SSSR count). The fourth-order valence-corrected chi connectivity index (χ4v) is 2.19. The minimum Gasteiger partial charge on any atom is -0.456 e. The van der Waals surface area contributed by atoms with Crippen molar-refractivity contribution >= 4 is 34.5 Å². The van der Waals surface area contributed by atoms with Crippen LogP contribution in [-0.4, -0.2) is 46.1 Å². The van der Waals surface area contributed by atoms with E-state index in [1.807, 2.05) is 22.6 Å². The largest absolute Gasteiger partial charge is 0.456 e. The lowest BCUT2D eigenvalue weighted by Crippen LogP contribution is -2.40. The third kappa shape index (κ3) is 3.29. The van der Waals surface area contributed by atoms with Gasteiger partial charge in [-0.15, -0.1) is 0 Å². The maximum atomic E-state index is 10.9. The Balaban J connectivity index is 2.76. The van der Waals surface area contributed by atoms with Crippen LogP contribution < -0.4 is 0 Å². The molecule has 0 aromatic carbocycles. The van der Waals surface area contributed by atoms with E-state index in [9.17, 15) is 14.7 Å². The normalized spacial score (nSPS) is 33.5. The molecular formula is C9H13IO6. The lowest BCUT2D eigenvalue weighted by atomic mass is 10.1. The van der Waals surface area contributed by atoms with Crippen molar-refractivity contribution in [3.8, 4) is 0 Å². The Morgan fingerprint density at radius 2 is 1.75 bits per heavy atom. The second-order valence-corrected chi connectivity index (χ2v) is 4.25. The highest BCUT2D eigenvalue weighted by molar-refractivity contribution is 14.1. The number of carbonyl (C=O) groups is 2. The standard InChI is InChI=1S/C9H13IO6/c1-4(11)14-7-6(3-10)16-9(13)8(7)15-5(2)12/h6-9,13H,3H2,1-2H3/t6-,7-,8-,9?/m1/s1. The van der Waals surface area contributed by atoms with Crippen LogP contribution in [0.5, 0.6) is 0 Å². The topological polar surface area (TPSA) is 82.1 Å². The molecule has 1 fully saturated rings. The van der Waals surface area contributed by atoms with Crippen LogP contribution in [0.15, 0.2) is 0 Å². The Hall–Kier alpha value is -0.410. The van der Waals surface area contributed by atoms with Crippen LogP contribution in [0.25, 0.3) is 0 Å². The Kier molecular flexibility index (Phi) is 4.93. The van der Waals surface area contributed by atoms with Crippen molar-refractivity contribution in [2.75, 3.05) is 4.43 Å². The first kappa shape index (κ1) is 13.7. The van der Waals surface area contributed by atoms with Crippen molar-refractivity contribution in [2.24, 2.45) is 0 Å². The minimum absolute atomic E-state index is 0.469. The van der Waals surface area contributed by atoms with Gasteiger partial charge in [0, 0.05) is 18.3 Å². The van der Waals surface area contributed by atoms with Gasteiger partial charge in [-0.25, -0.2) is 0 Å². The first-order valence-corrected chi connectivity index (χ1v) is 6.22. The lowest BCUT2D eigenvalue weighted by molar-refractivity contribution is -0.174. The summed E-state index contributed by atoms with van der Waals surface area (Å²) >= 11 is 2.04. The van der Waals surface area contributed by atoms with E-state index in [0.717, 1.165) is 0 Å². The molecule has 7 heteroatoms. The van der Waals surface area contributed by atoms with Crippen molar-refractivity contribution in [1.82, 2.24) is 0 Å².